The number of esters is 1. The van der Waals surface area contributed by atoms with E-state index < -0.39 is 5.54 Å². The van der Waals surface area contributed by atoms with Crippen molar-refractivity contribution < 1.29 is 14.3 Å². The molecule has 0 aromatic carbocycles. The van der Waals surface area contributed by atoms with Crippen molar-refractivity contribution in [3.63, 3.8) is 0 Å². The van der Waals surface area contributed by atoms with Crippen molar-refractivity contribution in [1.29, 1.82) is 0 Å². The van der Waals surface area contributed by atoms with E-state index in [2.05, 4.69) is 5.32 Å². The van der Waals surface area contributed by atoms with Gasteiger partial charge in [-0.05, 0) is 41.7 Å². The van der Waals surface area contributed by atoms with E-state index in [4.69, 9.17) is 9.47 Å². The number of ether oxygens (including phenoxy) is 2. The molecule has 0 aromatic rings. The van der Waals surface area contributed by atoms with Gasteiger partial charge in [-0.3, -0.25) is 4.79 Å². The fourth-order valence-corrected chi connectivity index (χ4v) is 1.73. The van der Waals surface area contributed by atoms with Crippen LogP contribution >= 0.6 is 0 Å². The van der Waals surface area contributed by atoms with Gasteiger partial charge in [0.1, 0.15) is 5.54 Å². The van der Waals surface area contributed by atoms with Gasteiger partial charge in [-0.1, -0.05) is 0 Å². The Labute approximate surface area is 98.7 Å². The highest BCUT2D eigenvalue weighted by Gasteiger charge is 2.35. The molecule has 0 aromatic heterocycles. The summed E-state index contributed by atoms with van der Waals surface area (Å²) in [5.74, 6) is -0.264. The van der Waals surface area contributed by atoms with E-state index in [0.717, 1.165) is 0 Å². The van der Waals surface area contributed by atoms with Crippen molar-refractivity contribution in [2.24, 2.45) is 0 Å². The van der Waals surface area contributed by atoms with Crippen LogP contribution in [-0.4, -0.2) is 37.4 Å². The van der Waals surface area contributed by atoms with Crippen LogP contribution < -0.4 is 5.32 Å². The van der Waals surface area contributed by atoms with Crippen LogP contribution in [0.3, 0.4) is 0 Å². The molecule has 0 saturated carbocycles. The number of methoxy groups -OCH3 is 1. The Morgan fingerprint density at radius 3 is 2.12 bits per heavy atom. The molecular weight excluding hydrogens is 206 g/mol. The zero-order chi connectivity index (χ0) is 13.0. The molecule has 0 aliphatic rings. The highest BCUT2D eigenvalue weighted by Crippen LogP contribution is 2.20. The fourth-order valence-electron chi connectivity index (χ4n) is 1.73. The van der Waals surface area contributed by atoms with Crippen LogP contribution in [0.4, 0.5) is 0 Å². The SMILES string of the molecule is CNC(C)(CC(C)OC(C)(C)C)C(=O)OC. The Morgan fingerprint density at radius 1 is 1.31 bits per heavy atom. The summed E-state index contributed by atoms with van der Waals surface area (Å²) in [4.78, 5) is 11.6. The third-order valence-corrected chi connectivity index (χ3v) is 2.44. The van der Waals surface area contributed by atoms with Crippen molar-refractivity contribution in [3.8, 4) is 0 Å². The predicted octanol–water partition coefficient (Wildman–Crippen LogP) is 1.73. The number of likely N-dealkylation sites (N-methyl/N-ethyl adjacent to an activating group) is 1. The van der Waals surface area contributed by atoms with Gasteiger partial charge < -0.3 is 14.8 Å². The highest BCUT2D eigenvalue weighted by molar-refractivity contribution is 5.80. The van der Waals surface area contributed by atoms with Crippen LogP contribution in [0.5, 0.6) is 0 Å². The Hall–Kier alpha value is -0.610. The maximum Gasteiger partial charge on any atom is 0.325 e. The minimum absolute atomic E-state index is 0.0171. The van der Waals surface area contributed by atoms with Crippen LogP contribution in [0, 0.1) is 0 Å². The quantitative estimate of drug-likeness (QED) is 0.732. The molecule has 96 valence electrons. The number of rotatable bonds is 5. The molecule has 16 heavy (non-hydrogen) atoms. The molecule has 0 aliphatic heterocycles. The molecule has 2 unspecified atom stereocenters. The van der Waals surface area contributed by atoms with E-state index in [1.807, 2.05) is 34.6 Å². The summed E-state index contributed by atoms with van der Waals surface area (Å²) in [7, 11) is 3.15. The van der Waals surface area contributed by atoms with Gasteiger partial charge in [0.2, 0.25) is 0 Å². The Morgan fingerprint density at radius 2 is 1.81 bits per heavy atom. The molecule has 0 fully saturated rings. The average Bonchev–Trinajstić information content (AvgIpc) is 2.13. The largest absolute Gasteiger partial charge is 0.468 e. The molecule has 2 atom stereocenters. The third kappa shape index (κ3) is 4.94. The van der Waals surface area contributed by atoms with Crippen LogP contribution in [0.2, 0.25) is 0 Å². The van der Waals surface area contributed by atoms with Gasteiger partial charge in [0.15, 0.2) is 0 Å². The second-order valence-electron chi connectivity index (χ2n) is 5.32. The lowest BCUT2D eigenvalue weighted by Gasteiger charge is -2.32. The zero-order valence-corrected chi connectivity index (χ0v) is 11.5. The highest BCUT2D eigenvalue weighted by atomic mass is 16.5. The van der Waals surface area contributed by atoms with Crippen molar-refractivity contribution in [2.45, 2.75) is 58.3 Å². The Balaban J connectivity index is 4.48. The van der Waals surface area contributed by atoms with Crippen molar-refractivity contribution in [1.82, 2.24) is 5.32 Å². The summed E-state index contributed by atoms with van der Waals surface area (Å²) in [6.45, 7) is 9.78. The molecule has 0 rings (SSSR count). The first-order valence-corrected chi connectivity index (χ1v) is 5.60. The lowest BCUT2D eigenvalue weighted by Crippen LogP contribution is -2.51. The van der Waals surface area contributed by atoms with E-state index in [-0.39, 0.29) is 17.7 Å². The lowest BCUT2D eigenvalue weighted by molar-refractivity contribution is -0.150. The number of carbonyl (C=O) groups is 1. The second kappa shape index (κ2) is 5.64. The Bertz CT molecular complexity index is 235. The van der Waals surface area contributed by atoms with E-state index in [1.165, 1.54) is 7.11 Å². The van der Waals surface area contributed by atoms with Crippen molar-refractivity contribution in [2.75, 3.05) is 14.2 Å². The van der Waals surface area contributed by atoms with Gasteiger partial charge in [0.05, 0.1) is 18.8 Å². The number of hydrogen-bond donors (Lipinski definition) is 1. The molecule has 0 aliphatic carbocycles. The monoisotopic (exact) mass is 231 g/mol. The first kappa shape index (κ1) is 15.4. The molecule has 1 N–H and O–H groups in total. The first-order chi connectivity index (χ1) is 7.14. The lowest BCUT2D eigenvalue weighted by atomic mass is 9.94. The van der Waals surface area contributed by atoms with Crippen molar-refractivity contribution >= 4 is 5.97 Å². The molecule has 0 heterocycles. The van der Waals surface area contributed by atoms with Gasteiger partial charge in [0, 0.05) is 6.42 Å². The smallest absolute Gasteiger partial charge is 0.325 e. The summed E-state index contributed by atoms with van der Waals surface area (Å²) < 4.78 is 10.6. The summed E-state index contributed by atoms with van der Waals surface area (Å²) >= 11 is 0. The minimum Gasteiger partial charge on any atom is -0.468 e. The van der Waals surface area contributed by atoms with Gasteiger partial charge in [-0.15, -0.1) is 0 Å². The molecule has 0 saturated heterocycles. The summed E-state index contributed by atoms with van der Waals surface area (Å²) in [5.41, 5.74) is -0.899. The maximum absolute atomic E-state index is 11.6. The summed E-state index contributed by atoms with van der Waals surface area (Å²) in [5, 5.41) is 2.99. The number of hydrogen-bond acceptors (Lipinski definition) is 4. The minimum atomic E-state index is -0.695. The molecule has 4 nitrogen and oxygen atoms in total. The Kier molecular flexibility index (Phi) is 5.42. The molecule has 0 spiro atoms. The van der Waals surface area contributed by atoms with Crippen LogP contribution in [-0.2, 0) is 14.3 Å². The topological polar surface area (TPSA) is 47.6 Å². The van der Waals surface area contributed by atoms with Crippen molar-refractivity contribution in [3.05, 3.63) is 0 Å². The standard InChI is InChI=1S/C12H25NO3/c1-9(16-11(2,3)4)8-12(5,13-6)10(14)15-7/h9,13H,8H2,1-7H3. The fraction of sp³-hybridized carbons (Fsp3) is 0.917. The molecule has 4 heteroatoms. The number of nitrogens with one attached hydrogen (secondary N) is 1. The predicted molar refractivity (Wildman–Crippen MR) is 64.4 cm³/mol. The maximum atomic E-state index is 11.6. The van der Waals surface area contributed by atoms with Crippen LogP contribution in [0.1, 0.15) is 41.0 Å². The van der Waals surface area contributed by atoms with Gasteiger partial charge in [0.25, 0.3) is 0 Å². The van der Waals surface area contributed by atoms with Crippen LogP contribution in [0.25, 0.3) is 0 Å². The average molecular weight is 231 g/mol. The summed E-state index contributed by atoms with van der Waals surface area (Å²) in [6, 6.07) is 0. The molecule has 0 amide bonds. The van der Waals surface area contributed by atoms with Gasteiger partial charge in [-0.2, -0.15) is 0 Å². The molecule has 0 bridgehead atoms. The van der Waals surface area contributed by atoms with Gasteiger partial charge >= 0.3 is 5.97 Å². The second-order valence-corrected chi connectivity index (χ2v) is 5.32. The van der Waals surface area contributed by atoms with E-state index >= 15 is 0 Å². The van der Waals surface area contributed by atoms with Crippen LogP contribution in [0.15, 0.2) is 0 Å². The van der Waals surface area contributed by atoms with E-state index in [0.29, 0.717) is 6.42 Å². The molecule has 0 radical (unpaired) electrons. The number of carbonyl (C=O) groups excluding carboxylic acids is 1. The van der Waals surface area contributed by atoms with E-state index in [9.17, 15) is 4.79 Å². The molecular formula is C12H25NO3. The van der Waals surface area contributed by atoms with E-state index in [1.54, 1.807) is 7.05 Å². The zero-order valence-electron chi connectivity index (χ0n) is 11.5. The normalized spacial score (nSPS) is 17.7. The third-order valence-electron chi connectivity index (χ3n) is 2.44. The summed E-state index contributed by atoms with van der Waals surface area (Å²) in [6.07, 6.45) is 0.560. The first-order valence-electron chi connectivity index (χ1n) is 5.60. The van der Waals surface area contributed by atoms with Gasteiger partial charge in [-0.25, -0.2) is 0 Å².